The van der Waals surface area contributed by atoms with E-state index < -0.39 is 46.4 Å². The molecule has 89 heavy (non-hydrogen) atoms. The van der Waals surface area contributed by atoms with Crippen LogP contribution < -0.4 is 0 Å². The highest BCUT2D eigenvalue weighted by Crippen LogP contribution is 2.68. The number of Topliss-reactive ketones (excluding diaryl/α,β-unsaturated/α-hetero) is 1. The maximum absolute atomic E-state index is 16.0. The van der Waals surface area contributed by atoms with Crippen LogP contribution in [0.4, 0.5) is 10.0 Å². The molecule has 2 aliphatic carbocycles. The van der Waals surface area contributed by atoms with Gasteiger partial charge in [0.2, 0.25) is 16.6 Å². The first-order chi connectivity index (χ1) is 43.3. The van der Waals surface area contributed by atoms with Crippen LogP contribution in [0.5, 0.6) is 0 Å². The molecule has 4 aliphatic rings. The molecular weight excluding hydrogens is 1240 g/mol. The van der Waals surface area contributed by atoms with Gasteiger partial charge in [0.25, 0.3) is 5.91 Å². The summed E-state index contributed by atoms with van der Waals surface area (Å²) < 4.78 is 25.8. The van der Waals surface area contributed by atoms with E-state index in [1.807, 2.05) is 24.3 Å². The predicted molar refractivity (Wildman–Crippen MR) is 339 cm³/mol. The summed E-state index contributed by atoms with van der Waals surface area (Å²) in [7, 11) is 0. The maximum atomic E-state index is 16.0. The smallest absolute Gasteiger partial charge is 0.333 e. The number of nitrogens with zero attached hydrogens (tertiary/aromatic N) is 7. The van der Waals surface area contributed by atoms with Crippen LogP contribution in [0.1, 0.15) is 64.8 Å². The molecule has 12 rings (SSSR count). The fourth-order valence-corrected chi connectivity index (χ4v) is 18.4. The largest absolute Gasteiger partial charge is 0.459 e. The zero-order valence-electron chi connectivity index (χ0n) is 46.7. The molecule has 1 amide bonds. The van der Waals surface area contributed by atoms with Gasteiger partial charge in [-0.1, -0.05) is 140 Å². The van der Waals surface area contributed by atoms with Gasteiger partial charge in [-0.25, -0.2) is 9.98 Å². The molecule has 23 heteroatoms. The van der Waals surface area contributed by atoms with Crippen molar-refractivity contribution in [3.05, 3.63) is 211 Å². The highest BCUT2D eigenvalue weighted by Gasteiger charge is 2.65. The second-order valence-electron chi connectivity index (χ2n) is 20.0. The number of nitriles is 4. The molecule has 8 aromatic rings. The summed E-state index contributed by atoms with van der Waals surface area (Å²) in [5.41, 5.74) is -2.21. The minimum Gasteiger partial charge on any atom is -0.459 e. The van der Waals surface area contributed by atoms with Crippen molar-refractivity contribution in [3.8, 4) is 43.8 Å². The van der Waals surface area contributed by atoms with E-state index in [2.05, 4.69) is 0 Å². The number of allylic oxidation sites excluding steroid dienone is 4. The van der Waals surface area contributed by atoms with Crippen molar-refractivity contribution in [2.24, 2.45) is 9.98 Å². The van der Waals surface area contributed by atoms with Crippen molar-refractivity contribution in [2.75, 3.05) is 6.54 Å². The first-order valence-corrected chi connectivity index (χ1v) is 32.2. The first-order valence-electron chi connectivity index (χ1n) is 27.3. The fraction of sp³-hybridized carbons (Fsp3) is 0.152. The molecule has 436 valence electrons. The van der Waals surface area contributed by atoms with Crippen molar-refractivity contribution >= 4 is 134 Å². The summed E-state index contributed by atoms with van der Waals surface area (Å²) in [4.78, 5) is 104. The van der Waals surface area contributed by atoms with E-state index in [-0.39, 0.29) is 103 Å². The number of ether oxygens (including phenoxy) is 4. The summed E-state index contributed by atoms with van der Waals surface area (Å²) in [6.07, 6.45) is 1.75. The van der Waals surface area contributed by atoms with Gasteiger partial charge in [0.15, 0.2) is 15.7 Å². The number of aliphatic imine (C=N–C) groups is 2. The number of carbonyl (C=O) groups excluding carboxylic acids is 6. The Hall–Kier alpha value is -9.82. The minimum absolute atomic E-state index is 0.0653. The number of hydrogen-bond donors (Lipinski definition) is 0. The molecule has 0 atom stereocenters. The van der Waals surface area contributed by atoms with Crippen LogP contribution in [0.15, 0.2) is 176 Å². The van der Waals surface area contributed by atoms with Gasteiger partial charge < -0.3 is 18.9 Å². The molecule has 0 N–H and O–H groups in total. The first kappa shape index (κ1) is 59.5. The molecule has 1 saturated heterocycles. The van der Waals surface area contributed by atoms with Crippen molar-refractivity contribution in [1.29, 1.82) is 21.0 Å². The monoisotopic (exact) mass is 1280 g/mol. The number of hydrogen-bond acceptors (Lipinski definition) is 22. The summed E-state index contributed by atoms with van der Waals surface area (Å²) in [5, 5.41) is 39.8. The molecule has 0 spiro atoms. The van der Waals surface area contributed by atoms with Gasteiger partial charge in [0.1, 0.15) is 71.3 Å². The molecule has 0 bridgehead atoms. The topological polar surface area (TPSA) is 262 Å². The normalized spacial score (nSPS) is 15.7. The van der Waals surface area contributed by atoms with Crippen LogP contribution in [0, 0.1) is 45.3 Å². The van der Waals surface area contributed by atoms with E-state index >= 15 is 19.2 Å². The van der Waals surface area contributed by atoms with Gasteiger partial charge in [0.05, 0.1) is 28.9 Å². The number of carbonyl (C=O) groups is 6. The molecule has 6 heterocycles. The van der Waals surface area contributed by atoms with Crippen molar-refractivity contribution < 1.29 is 47.7 Å². The second kappa shape index (κ2) is 24.7. The average molecular weight is 1280 g/mol. The highest BCUT2D eigenvalue weighted by atomic mass is 32.2. The summed E-state index contributed by atoms with van der Waals surface area (Å²) in [6.45, 7) is 2.43. The number of ketones is 1. The Morgan fingerprint density at radius 1 is 0.506 bits per heavy atom. The predicted octanol–water partition coefficient (Wildman–Crippen LogP) is 13.5. The van der Waals surface area contributed by atoms with E-state index in [0.717, 1.165) is 68.9 Å². The van der Waals surface area contributed by atoms with Crippen molar-refractivity contribution in [1.82, 2.24) is 4.90 Å². The zero-order valence-corrected chi connectivity index (χ0v) is 51.6. The van der Waals surface area contributed by atoms with Crippen molar-refractivity contribution in [2.45, 2.75) is 57.5 Å². The van der Waals surface area contributed by atoms with Gasteiger partial charge in [-0.15, -0.1) is 45.3 Å². The van der Waals surface area contributed by atoms with Gasteiger partial charge in [0, 0.05) is 39.3 Å². The molecule has 1 fully saturated rings. The van der Waals surface area contributed by atoms with Crippen LogP contribution in [0.2, 0.25) is 0 Å². The third kappa shape index (κ3) is 10.3. The average Bonchev–Trinajstić information content (AvgIpc) is 1.51. The number of amides is 1. The van der Waals surface area contributed by atoms with Gasteiger partial charge in [-0.05, 0) is 65.6 Å². The third-order valence-corrected chi connectivity index (χ3v) is 21.9. The molecular formula is C66H41N7O10S6. The minimum atomic E-state index is -2.46. The van der Waals surface area contributed by atoms with Crippen LogP contribution >= 0.6 is 68.9 Å². The molecule has 17 nitrogen and oxygen atoms in total. The van der Waals surface area contributed by atoms with Crippen LogP contribution in [0.3, 0.4) is 0 Å². The van der Waals surface area contributed by atoms with Crippen LogP contribution in [-0.2, 0) is 85.0 Å². The Labute approximate surface area is 532 Å². The lowest BCUT2D eigenvalue weighted by atomic mass is 9.77. The third-order valence-electron chi connectivity index (χ3n) is 14.9. The van der Waals surface area contributed by atoms with E-state index in [1.165, 1.54) is 23.1 Å². The Morgan fingerprint density at radius 3 is 1.25 bits per heavy atom. The van der Waals surface area contributed by atoms with Gasteiger partial charge >= 0.3 is 23.9 Å². The van der Waals surface area contributed by atoms with E-state index in [0.29, 0.717) is 56.7 Å². The summed E-state index contributed by atoms with van der Waals surface area (Å²) >= 11 is 6.01. The SMILES string of the molecule is CCC1=CC(=C(C#N)C#N)S/C(=N/c2cc3c(s2)-c2sc4c5c(sc4c2C3(C(=O)OCc2ccccc2)C(=O)OCc2ccccc2)-c2sc(/N=C3/SC(=C(C#N)C#N)N(CC)C3=O)cc2C5(C(=O)OCc2ccccc2)C(=O)OCc2ccccc2)C1=O. The standard InChI is InChI=1S/C66H41N7O10S6/c1-3-40-25-45(41(28-67)29-68)84-57(50(40)74)71-46-26-43-51(85-46)53-48(65(43,61(76)80-32-36-17-9-5-10-18-36)62(77)81-33-37-19-11-6-12-20-37)55-56(87-53)49-54(88-55)52-44(27-47(86-52)72-58-59(75)73(4-2)60(89-58)42(30-69)31-70)66(49,63(78)82-34-38-21-13-7-14-22-38)64(79)83-35-39-23-15-8-16-24-39/h5-27H,3-4,32-35H2,1-2H3/b71-57+,72-58+. The second-order valence-corrected chi connectivity index (χ2v) is 26.1. The van der Waals surface area contributed by atoms with E-state index in [1.54, 1.807) is 135 Å². The van der Waals surface area contributed by atoms with Crippen molar-refractivity contribution in [3.63, 3.8) is 0 Å². The lowest BCUT2D eigenvalue weighted by Gasteiger charge is -2.27. The molecule has 2 aliphatic heterocycles. The molecule has 0 radical (unpaired) electrons. The highest BCUT2D eigenvalue weighted by molar-refractivity contribution is 8.19. The number of thioether (sulfide) groups is 2. The maximum Gasteiger partial charge on any atom is 0.333 e. The van der Waals surface area contributed by atoms with Gasteiger partial charge in [-0.2, -0.15) is 21.0 Å². The van der Waals surface area contributed by atoms with Crippen LogP contribution in [0.25, 0.3) is 28.9 Å². The number of esters is 4. The lowest BCUT2D eigenvalue weighted by Crippen LogP contribution is -2.46. The molecule has 4 aromatic heterocycles. The molecule has 0 unspecified atom stereocenters. The summed E-state index contributed by atoms with van der Waals surface area (Å²) in [6, 6.07) is 46.0. The number of thiophene rings is 4. The Morgan fingerprint density at radius 2 is 0.888 bits per heavy atom. The lowest BCUT2D eigenvalue weighted by molar-refractivity contribution is -0.166. The Balaban J connectivity index is 1.12. The Bertz CT molecular complexity index is 4520. The Kier molecular flexibility index (Phi) is 16.5. The van der Waals surface area contributed by atoms with Crippen LogP contribution in [-0.4, -0.2) is 57.1 Å². The van der Waals surface area contributed by atoms with E-state index in [9.17, 15) is 30.6 Å². The number of fused-ring (bicyclic) bond motifs is 9. The quantitative estimate of drug-likeness (QED) is 0.0377. The van der Waals surface area contributed by atoms with E-state index in [4.69, 9.17) is 28.9 Å². The molecule has 4 aromatic carbocycles. The number of rotatable bonds is 16. The number of benzene rings is 4. The molecule has 0 saturated carbocycles. The summed E-state index contributed by atoms with van der Waals surface area (Å²) in [5.74, 6) is -5.15. The fourth-order valence-electron chi connectivity index (χ4n) is 10.7. The van der Waals surface area contributed by atoms with Gasteiger partial charge in [-0.3, -0.25) is 33.7 Å². The zero-order chi connectivity index (χ0) is 62.1.